The summed E-state index contributed by atoms with van der Waals surface area (Å²) in [5, 5.41) is 0.746. The second-order valence-electron chi connectivity index (χ2n) is 7.40. The molecular weight excluding hydrogens is 345 g/mol. The molecule has 1 aromatic carbocycles. The highest BCUT2D eigenvalue weighted by Crippen LogP contribution is 2.31. The molecule has 3 rings (SSSR count). The number of halogens is 2. The van der Waals surface area contributed by atoms with E-state index in [2.05, 4.69) is 30.9 Å². The minimum atomic E-state index is -0.107. The van der Waals surface area contributed by atoms with Crippen molar-refractivity contribution < 1.29 is 4.79 Å². The van der Waals surface area contributed by atoms with Crippen molar-refractivity contribution in [2.45, 2.75) is 44.7 Å². The molecule has 1 saturated carbocycles. The van der Waals surface area contributed by atoms with Gasteiger partial charge in [-0.05, 0) is 51.0 Å². The number of carbonyl (C=O) groups is 1. The van der Waals surface area contributed by atoms with Crippen LogP contribution in [0, 0.1) is 5.92 Å². The van der Waals surface area contributed by atoms with Gasteiger partial charge >= 0.3 is 0 Å². The zero-order valence-electron chi connectivity index (χ0n) is 14.4. The Bertz CT molecular complexity index is 576. The molecule has 4 nitrogen and oxygen atoms in total. The van der Waals surface area contributed by atoms with Crippen LogP contribution in [0.3, 0.4) is 0 Å². The molecule has 0 unspecified atom stereocenters. The third kappa shape index (κ3) is 3.81. The SMILES string of the molecule is CC1(C)CN(C(=O)[C@H]2CCC[C@@H]2N)CCN1c1ccc(Cl)cc1.Cl. The van der Waals surface area contributed by atoms with Crippen LogP contribution < -0.4 is 10.6 Å². The van der Waals surface area contributed by atoms with Gasteiger partial charge in [-0.3, -0.25) is 4.79 Å². The summed E-state index contributed by atoms with van der Waals surface area (Å²) in [6.07, 6.45) is 2.99. The maximum Gasteiger partial charge on any atom is 0.227 e. The smallest absolute Gasteiger partial charge is 0.227 e. The van der Waals surface area contributed by atoms with Gasteiger partial charge in [0.15, 0.2) is 0 Å². The molecule has 0 bridgehead atoms. The first-order valence-corrected chi connectivity index (χ1v) is 8.84. The van der Waals surface area contributed by atoms with E-state index in [1.165, 1.54) is 0 Å². The maximum absolute atomic E-state index is 12.8. The number of amides is 1. The van der Waals surface area contributed by atoms with Gasteiger partial charge in [0.1, 0.15) is 0 Å². The summed E-state index contributed by atoms with van der Waals surface area (Å²) >= 11 is 5.99. The molecule has 1 aliphatic carbocycles. The molecule has 2 N–H and O–H groups in total. The largest absolute Gasteiger partial charge is 0.363 e. The van der Waals surface area contributed by atoms with Crippen molar-refractivity contribution in [3.05, 3.63) is 29.3 Å². The van der Waals surface area contributed by atoms with Crippen LogP contribution in [0.5, 0.6) is 0 Å². The van der Waals surface area contributed by atoms with Crippen LogP contribution in [0.15, 0.2) is 24.3 Å². The number of hydrogen-bond acceptors (Lipinski definition) is 3. The molecule has 24 heavy (non-hydrogen) atoms. The average Bonchev–Trinajstić information content (AvgIpc) is 2.93. The van der Waals surface area contributed by atoms with E-state index in [-0.39, 0.29) is 35.8 Å². The molecule has 0 spiro atoms. The fourth-order valence-corrected chi connectivity index (χ4v) is 4.10. The number of rotatable bonds is 2. The summed E-state index contributed by atoms with van der Waals surface area (Å²) < 4.78 is 0. The van der Waals surface area contributed by atoms with Gasteiger partial charge in [-0.25, -0.2) is 0 Å². The quantitative estimate of drug-likeness (QED) is 0.867. The Labute approximate surface area is 155 Å². The molecule has 134 valence electrons. The van der Waals surface area contributed by atoms with E-state index >= 15 is 0 Å². The van der Waals surface area contributed by atoms with E-state index in [9.17, 15) is 4.79 Å². The lowest BCUT2D eigenvalue weighted by Gasteiger charge is -2.49. The molecule has 1 aromatic rings. The number of nitrogens with two attached hydrogens (primary N) is 1. The highest BCUT2D eigenvalue weighted by atomic mass is 35.5. The van der Waals surface area contributed by atoms with E-state index in [1.54, 1.807) is 0 Å². The predicted octanol–water partition coefficient (Wildman–Crippen LogP) is 3.32. The topological polar surface area (TPSA) is 49.6 Å². The van der Waals surface area contributed by atoms with Gasteiger partial charge in [-0.2, -0.15) is 0 Å². The lowest BCUT2D eigenvalue weighted by Crippen LogP contribution is -2.62. The summed E-state index contributed by atoms with van der Waals surface area (Å²) in [6, 6.07) is 7.98. The van der Waals surface area contributed by atoms with Gasteiger partial charge in [0, 0.05) is 36.4 Å². The van der Waals surface area contributed by atoms with Crippen molar-refractivity contribution in [2.24, 2.45) is 11.7 Å². The van der Waals surface area contributed by atoms with E-state index in [1.807, 2.05) is 17.0 Å². The molecule has 2 aliphatic rings. The number of piperazine rings is 1. The molecule has 0 radical (unpaired) electrons. The monoisotopic (exact) mass is 371 g/mol. The third-order valence-corrected chi connectivity index (χ3v) is 5.49. The Morgan fingerprint density at radius 3 is 2.42 bits per heavy atom. The molecule has 0 aromatic heterocycles. The first kappa shape index (κ1) is 19.4. The van der Waals surface area contributed by atoms with E-state index in [0.29, 0.717) is 0 Å². The zero-order valence-corrected chi connectivity index (χ0v) is 15.9. The number of anilines is 1. The van der Waals surface area contributed by atoms with Crippen LogP contribution in [0.25, 0.3) is 0 Å². The number of benzene rings is 1. The summed E-state index contributed by atoms with van der Waals surface area (Å²) in [6.45, 7) is 6.71. The molecule has 1 aliphatic heterocycles. The third-order valence-electron chi connectivity index (χ3n) is 5.24. The van der Waals surface area contributed by atoms with Crippen molar-refractivity contribution in [1.82, 2.24) is 4.90 Å². The molecule has 1 saturated heterocycles. The van der Waals surface area contributed by atoms with Crippen LogP contribution in [0.4, 0.5) is 5.69 Å². The minimum Gasteiger partial charge on any atom is -0.363 e. The number of carbonyl (C=O) groups excluding carboxylic acids is 1. The van der Waals surface area contributed by atoms with E-state index in [4.69, 9.17) is 17.3 Å². The Morgan fingerprint density at radius 1 is 1.21 bits per heavy atom. The zero-order chi connectivity index (χ0) is 16.6. The Morgan fingerprint density at radius 2 is 1.88 bits per heavy atom. The fourth-order valence-electron chi connectivity index (χ4n) is 3.97. The summed E-state index contributed by atoms with van der Waals surface area (Å²) in [4.78, 5) is 17.2. The van der Waals surface area contributed by atoms with Gasteiger partial charge in [-0.1, -0.05) is 18.0 Å². The second-order valence-corrected chi connectivity index (χ2v) is 7.84. The highest BCUT2D eigenvalue weighted by Gasteiger charge is 2.40. The van der Waals surface area contributed by atoms with Crippen molar-refractivity contribution >= 4 is 35.6 Å². The fraction of sp³-hybridized carbons (Fsp3) is 0.611. The number of hydrogen-bond donors (Lipinski definition) is 1. The highest BCUT2D eigenvalue weighted by molar-refractivity contribution is 6.30. The van der Waals surface area contributed by atoms with Gasteiger partial charge < -0.3 is 15.5 Å². The van der Waals surface area contributed by atoms with Crippen LogP contribution in [-0.4, -0.2) is 42.0 Å². The van der Waals surface area contributed by atoms with Crippen molar-refractivity contribution in [2.75, 3.05) is 24.5 Å². The molecule has 2 atom stereocenters. The average molecular weight is 372 g/mol. The first-order chi connectivity index (χ1) is 10.9. The lowest BCUT2D eigenvalue weighted by atomic mass is 9.95. The van der Waals surface area contributed by atoms with Crippen LogP contribution >= 0.6 is 24.0 Å². The first-order valence-electron chi connectivity index (χ1n) is 8.46. The Hall–Kier alpha value is -0.970. The van der Waals surface area contributed by atoms with Crippen LogP contribution in [-0.2, 0) is 4.79 Å². The molecular formula is C18H27Cl2N3O. The van der Waals surface area contributed by atoms with Crippen LogP contribution in [0.1, 0.15) is 33.1 Å². The Kier molecular flexibility index (Phi) is 6.05. The molecule has 1 heterocycles. The molecule has 1 amide bonds. The normalized spacial score (nSPS) is 26.2. The molecule has 6 heteroatoms. The van der Waals surface area contributed by atoms with Crippen molar-refractivity contribution in [3.63, 3.8) is 0 Å². The minimum absolute atomic E-state index is 0. The van der Waals surface area contributed by atoms with Gasteiger partial charge in [-0.15, -0.1) is 12.4 Å². The summed E-state index contributed by atoms with van der Waals surface area (Å²) in [7, 11) is 0. The second kappa shape index (κ2) is 7.51. The van der Waals surface area contributed by atoms with Crippen molar-refractivity contribution in [3.8, 4) is 0 Å². The number of nitrogens with zero attached hydrogens (tertiary/aromatic N) is 2. The van der Waals surface area contributed by atoms with E-state index < -0.39 is 0 Å². The predicted molar refractivity (Wildman–Crippen MR) is 102 cm³/mol. The molecule has 2 fully saturated rings. The standard InChI is InChI=1S/C18H26ClN3O.ClH/c1-18(2)12-21(17(23)15-4-3-5-16(15)20)10-11-22(18)14-8-6-13(19)7-9-14;/h6-9,15-16H,3-5,10-12,20H2,1-2H3;1H/t15-,16-;/m0./s1. The summed E-state index contributed by atoms with van der Waals surface area (Å²) in [5.41, 5.74) is 7.17. The van der Waals surface area contributed by atoms with Gasteiger partial charge in [0.2, 0.25) is 5.91 Å². The Balaban J connectivity index is 0.00000208. The lowest BCUT2D eigenvalue weighted by molar-refractivity contribution is -0.137. The van der Waals surface area contributed by atoms with Gasteiger partial charge in [0.05, 0.1) is 11.5 Å². The van der Waals surface area contributed by atoms with Crippen LogP contribution in [0.2, 0.25) is 5.02 Å². The van der Waals surface area contributed by atoms with Crippen molar-refractivity contribution in [1.29, 1.82) is 0 Å². The van der Waals surface area contributed by atoms with Gasteiger partial charge in [0.25, 0.3) is 0 Å². The van der Waals surface area contributed by atoms with E-state index in [0.717, 1.165) is 49.6 Å². The summed E-state index contributed by atoms with van der Waals surface area (Å²) in [5.74, 6) is 0.270. The maximum atomic E-state index is 12.8.